The van der Waals surface area contributed by atoms with Crippen LogP contribution in [0.4, 0.5) is 0 Å². The zero-order chi connectivity index (χ0) is 9.84. The fraction of sp³-hybridized carbons (Fsp3) is 0. The first-order valence-electron chi connectivity index (χ1n) is 3.13. The van der Waals surface area contributed by atoms with Crippen LogP contribution in [0.25, 0.3) is 0 Å². The minimum atomic E-state index is -0.991. The fourth-order valence-corrected chi connectivity index (χ4v) is 0.434. The summed E-state index contributed by atoms with van der Waals surface area (Å²) in [5, 5.41) is 7.86. The molecule has 0 saturated heterocycles. The van der Waals surface area contributed by atoms with E-state index in [1.807, 2.05) is 0 Å². The van der Waals surface area contributed by atoms with Crippen molar-refractivity contribution in [2.75, 3.05) is 0 Å². The third kappa shape index (κ3) is 3.19. The molecule has 2 rings (SSSR count). The van der Waals surface area contributed by atoms with E-state index < -0.39 is 17.9 Å². The molecule has 0 aromatic rings. The summed E-state index contributed by atoms with van der Waals surface area (Å²) in [4.78, 5) is 29.4. The summed E-state index contributed by atoms with van der Waals surface area (Å²) in [5.41, 5.74) is 0. The summed E-state index contributed by atoms with van der Waals surface area (Å²) in [5.74, 6) is -2.10. The van der Waals surface area contributed by atoms with Gasteiger partial charge in [-0.3, -0.25) is 0 Å². The number of ether oxygens (including phenoxy) is 2. The lowest BCUT2D eigenvalue weighted by molar-refractivity contribution is -0.150. The van der Waals surface area contributed by atoms with Gasteiger partial charge in [0, 0.05) is 12.2 Å². The first-order chi connectivity index (χ1) is 6.09. The molecular formula is C7H4O6. The predicted molar refractivity (Wildman–Crippen MR) is 37.0 cm³/mol. The van der Waals surface area contributed by atoms with Crippen molar-refractivity contribution in [3.8, 4) is 0 Å². The van der Waals surface area contributed by atoms with E-state index >= 15 is 0 Å². The van der Waals surface area contributed by atoms with Crippen molar-refractivity contribution in [2.45, 2.75) is 0 Å². The molecular weight excluding hydrogens is 180 g/mol. The van der Waals surface area contributed by atoms with Crippen molar-refractivity contribution in [1.82, 2.24) is 0 Å². The number of esters is 2. The quantitative estimate of drug-likeness (QED) is 0.439. The van der Waals surface area contributed by atoms with Gasteiger partial charge >= 0.3 is 17.9 Å². The van der Waals surface area contributed by atoms with Crippen molar-refractivity contribution in [2.24, 2.45) is 0 Å². The highest BCUT2D eigenvalue weighted by atomic mass is 16.6. The van der Waals surface area contributed by atoms with Crippen LogP contribution in [0.2, 0.25) is 0 Å². The maximum atomic E-state index is 9.92. The number of carbonyl (C=O) groups excluding carboxylic acids is 2. The average molecular weight is 184 g/mol. The van der Waals surface area contributed by atoms with Gasteiger partial charge < -0.3 is 14.6 Å². The molecule has 68 valence electrons. The number of hydrogen-bond donors (Lipinski definition) is 1. The number of rotatable bonds is 1. The molecule has 6 heteroatoms. The molecule has 0 aromatic carbocycles. The molecule has 13 heavy (non-hydrogen) atoms. The molecule has 0 aromatic heterocycles. The Bertz CT molecular complexity index is 308. The molecule has 0 unspecified atom stereocenters. The second kappa shape index (κ2) is 3.53. The van der Waals surface area contributed by atoms with E-state index in [-0.39, 0.29) is 5.76 Å². The molecule has 2 aliphatic heterocycles. The summed E-state index contributed by atoms with van der Waals surface area (Å²) in [6.07, 6.45) is 3.35. The number of hydrogen-bond acceptors (Lipinski definition) is 5. The van der Waals surface area contributed by atoms with Gasteiger partial charge in [0.15, 0.2) is 0 Å². The first kappa shape index (κ1) is 8.98. The van der Waals surface area contributed by atoms with E-state index in [0.717, 1.165) is 12.2 Å². The fourth-order valence-electron chi connectivity index (χ4n) is 0.434. The van der Waals surface area contributed by atoms with Crippen LogP contribution in [-0.4, -0.2) is 23.0 Å². The van der Waals surface area contributed by atoms with Gasteiger partial charge in [0.25, 0.3) is 0 Å². The molecule has 1 N–H and O–H groups in total. The molecule has 0 atom stereocenters. The van der Waals surface area contributed by atoms with Gasteiger partial charge in [-0.25, -0.2) is 14.4 Å². The van der Waals surface area contributed by atoms with E-state index in [0.29, 0.717) is 0 Å². The van der Waals surface area contributed by atoms with E-state index in [9.17, 15) is 14.4 Å². The zero-order valence-corrected chi connectivity index (χ0v) is 6.22. The maximum absolute atomic E-state index is 9.92. The number of carboxylic acids is 1. The normalized spacial score (nSPS) is 16.5. The van der Waals surface area contributed by atoms with Gasteiger partial charge in [0.2, 0.25) is 5.76 Å². The molecule has 0 aliphatic carbocycles. The van der Waals surface area contributed by atoms with Crippen molar-refractivity contribution < 1.29 is 29.0 Å². The molecule has 0 saturated carbocycles. The van der Waals surface area contributed by atoms with Crippen molar-refractivity contribution >= 4 is 17.9 Å². The molecule has 0 amide bonds. The Kier molecular flexibility index (Phi) is 2.44. The Balaban J connectivity index is 0.000000132. The van der Waals surface area contributed by atoms with Gasteiger partial charge in [0.05, 0.1) is 0 Å². The van der Waals surface area contributed by atoms with Crippen molar-refractivity contribution in [3.63, 3.8) is 0 Å². The summed E-state index contributed by atoms with van der Waals surface area (Å²) in [7, 11) is 0. The number of carboxylic acid groups (broad SMARTS) is 1. The van der Waals surface area contributed by atoms with Crippen LogP contribution in [-0.2, 0) is 23.9 Å². The lowest BCUT2D eigenvalue weighted by Crippen LogP contribution is -1.96. The van der Waals surface area contributed by atoms with Crippen molar-refractivity contribution in [1.29, 1.82) is 0 Å². The summed E-state index contributed by atoms with van der Waals surface area (Å²) in [6, 6.07) is 0. The second-order valence-electron chi connectivity index (χ2n) is 1.98. The number of aliphatic carboxylic acids is 1. The molecule has 0 radical (unpaired) electrons. The molecule has 2 aliphatic rings. The largest absolute Gasteiger partial charge is 0.475 e. The van der Waals surface area contributed by atoms with E-state index in [4.69, 9.17) is 5.11 Å². The Hall–Kier alpha value is -2.11. The molecule has 2 heterocycles. The van der Waals surface area contributed by atoms with E-state index in [2.05, 4.69) is 9.47 Å². The van der Waals surface area contributed by atoms with Gasteiger partial charge in [-0.1, -0.05) is 0 Å². The summed E-state index contributed by atoms with van der Waals surface area (Å²) >= 11 is 0. The van der Waals surface area contributed by atoms with Crippen LogP contribution >= 0.6 is 0 Å². The summed E-state index contributed by atoms with van der Waals surface area (Å²) < 4.78 is 8.13. The van der Waals surface area contributed by atoms with Crippen LogP contribution in [0.1, 0.15) is 0 Å². The van der Waals surface area contributed by atoms with Crippen LogP contribution in [0.5, 0.6) is 0 Å². The topological polar surface area (TPSA) is 93.2 Å². The van der Waals surface area contributed by atoms with Crippen LogP contribution in [0, 0.1) is 0 Å². The zero-order valence-electron chi connectivity index (χ0n) is 6.22. The predicted octanol–water partition coefficient (Wildman–Crippen LogP) is -0.431. The van der Waals surface area contributed by atoms with Crippen molar-refractivity contribution in [3.05, 3.63) is 24.2 Å². The standard InChI is InChI=1S/C4H2O3.C3H2O3/c5-3-1-2-4(6)7-3;4-3(5)2-1-6-2/h1-2H;1H,(H,4,5). The van der Waals surface area contributed by atoms with E-state index in [1.165, 1.54) is 6.26 Å². The Morgan fingerprint density at radius 2 is 1.69 bits per heavy atom. The highest BCUT2D eigenvalue weighted by Crippen LogP contribution is 2.11. The van der Waals surface area contributed by atoms with E-state index in [1.54, 1.807) is 0 Å². The highest BCUT2D eigenvalue weighted by Gasteiger charge is 2.17. The number of cyclic esters (lactones) is 2. The van der Waals surface area contributed by atoms with Crippen LogP contribution < -0.4 is 0 Å². The SMILES string of the molecule is O=C(O)C1=CO1.O=C1C=CC(=O)O1. The van der Waals surface area contributed by atoms with Crippen LogP contribution in [0.15, 0.2) is 24.2 Å². The minimum absolute atomic E-state index is 0.0509. The second-order valence-corrected chi connectivity index (χ2v) is 1.98. The third-order valence-electron chi connectivity index (χ3n) is 1.00. The Morgan fingerprint density at radius 3 is 1.77 bits per heavy atom. The molecule has 0 bridgehead atoms. The molecule has 6 nitrogen and oxygen atoms in total. The monoisotopic (exact) mass is 184 g/mol. The first-order valence-corrected chi connectivity index (χ1v) is 3.13. The maximum Gasteiger partial charge on any atom is 0.375 e. The lowest BCUT2D eigenvalue weighted by Gasteiger charge is -1.80. The summed E-state index contributed by atoms with van der Waals surface area (Å²) in [6.45, 7) is 0. The van der Waals surface area contributed by atoms with Gasteiger partial charge in [0.1, 0.15) is 6.26 Å². The molecule has 0 spiro atoms. The number of carbonyl (C=O) groups is 3. The molecule has 0 fully saturated rings. The smallest absolute Gasteiger partial charge is 0.375 e. The Morgan fingerprint density at radius 1 is 1.23 bits per heavy atom. The highest BCUT2D eigenvalue weighted by molar-refractivity contribution is 6.04. The minimum Gasteiger partial charge on any atom is -0.475 e. The Labute approximate surface area is 72.0 Å². The van der Waals surface area contributed by atoms with Gasteiger partial charge in [-0.15, -0.1) is 0 Å². The average Bonchev–Trinajstić information content (AvgIpc) is 2.80. The van der Waals surface area contributed by atoms with Crippen LogP contribution in [0.3, 0.4) is 0 Å². The lowest BCUT2D eigenvalue weighted by atomic mass is 10.6. The van der Waals surface area contributed by atoms with Gasteiger partial charge in [-0.2, -0.15) is 0 Å². The van der Waals surface area contributed by atoms with Gasteiger partial charge in [-0.05, 0) is 0 Å². The third-order valence-corrected chi connectivity index (χ3v) is 1.00.